The van der Waals surface area contributed by atoms with Crippen LogP contribution in [0.3, 0.4) is 0 Å². The molecule has 5 aromatic rings. The molecular weight excluding hydrogens is 506 g/mol. The molecule has 1 atom stereocenters. The summed E-state index contributed by atoms with van der Waals surface area (Å²) in [4.78, 5) is 30.2. The highest BCUT2D eigenvalue weighted by Crippen LogP contribution is 2.46. The number of hydrogen-bond acceptors (Lipinski definition) is 10. The van der Waals surface area contributed by atoms with Crippen LogP contribution in [0.1, 0.15) is 11.1 Å². The molecule has 0 aliphatic carbocycles. The molecule has 0 saturated carbocycles. The number of nitrogens with one attached hydrogen (secondary N) is 1. The Kier molecular flexibility index (Phi) is 6.12. The van der Waals surface area contributed by atoms with E-state index >= 15 is 0 Å². The minimum atomic E-state index is -0.574. The van der Waals surface area contributed by atoms with Gasteiger partial charge in [0.05, 0.1) is 29.9 Å². The number of ether oxygens (including phenoxy) is 4. The van der Waals surface area contributed by atoms with Gasteiger partial charge < -0.3 is 18.9 Å². The van der Waals surface area contributed by atoms with Crippen LogP contribution in [0.15, 0.2) is 48.9 Å². The number of amides is 1. The summed E-state index contributed by atoms with van der Waals surface area (Å²) in [6.07, 6.45) is 3.77. The monoisotopic (exact) mass is 529 g/mol. The van der Waals surface area contributed by atoms with Gasteiger partial charge in [-0.05, 0) is 55.3 Å². The number of anilines is 1. The molecule has 6 rings (SSSR count). The zero-order chi connectivity index (χ0) is 26.2. The van der Waals surface area contributed by atoms with Crippen molar-refractivity contribution in [3.05, 3.63) is 60.0 Å². The van der Waals surface area contributed by atoms with Gasteiger partial charge in [0.1, 0.15) is 22.9 Å². The maximum absolute atomic E-state index is 12.1. The van der Waals surface area contributed by atoms with E-state index in [1.807, 2.05) is 26.0 Å². The summed E-state index contributed by atoms with van der Waals surface area (Å²) in [5.74, 6) is 1.69. The molecule has 10 nitrogen and oxygen atoms in total. The molecule has 0 radical (unpaired) electrons. The molecule has 1 aliphatic heterocycles. The number of pyridine rings is 1. The average molecular weight is 530 g/mol. The number of nitrogens with zero attached hydrogens (tertiary/aromatic N) is 4. The Morgan fingerprint density at radius 3 is 2.82 bits per heavy atom. The third kappa shape index (κ3) is 4.52. The predicted octanol–water partition coefficient (Wildman–Crippen LogP) is 5.32. The third-order valence-electron chi connectivity index (χ3n) is 6.02. The molecule has 38 heavy (non-hydrogen) atoms. The van der Waals surface area contributed by atoms with Crippen molar-refractivity contribution < 1.29 is 23.7 Å². The number of fused-ring (bicyclic) bond motifs is 4. The van der Waals surface area contributed by atoms with Gasteiger partial charge in [0.15, 0.2) is 17.6 Å². The first-order valence-corrected chi connectivity index (χ1v) is 12.7. The number of aryl methyl sites for hydroxylation is 2. The molecule has 1 aliphatic rings. The van der Waals surface area contributed by atoms with Crippen molar-refractivity contribution in [2.24, 2.45) is 0 Å². The molecule has 192 valence electrons. The largest absolute Gasteiger partial charge is 0.484 e. The fourth-order valence-electron chi connectivity index (χ4n) is 4.26. The molecule has 1 N–H and O–H groups in total. The summed E-state index contributed by atoms with van der Waals surface area (Å²) >= 11 is 1.52. The minimum Gasteiger partial charge on any atom is -0.484 e. The van der Waals surface area contributed by atoms with Gasteiger partial charge in [-0.15, -0.1) is 11.3 Å². The van der Waals surface area contributed by atoms with Gasteiger partial charge in [-0.3, -0.25) is 10.3 Å². The van der Waals surface area contributed by atoms with Gasteiger partial charge in [-0.1, -0.05) is 0 Å². The number of aromatic nitrogens is 4. The Labute approximate surface area is 221 Å². The van der Waals surface area contributed by atoms with Crippen molar-refractivity contribution in [1.29, 1.82) is 0 Å². The number of hydrogen-bond donors (Lipinski definition) is 1. The second-order valence-corrected chi connectivity index (χ2v) is 9.82. The normalized spacial score (nSPS) is 14.4. The highest BCUT2D eigenvalue weighted by molar-refractivity contribution is 7.22. The number of thiazole rings is 1. The summed E-state index contributed by atoms with van der Waals surface area (Å²) in [7, 11) is 1.57. The Balaban J connectivity index is 1.26. The highest BCUT2D eigenvalue weighted by Gasteiger charge is 2.27. The van der Waals surface area contributed by atoms with E-state index in [4.69, 9.17) is 23.9 Å². The van der Waals surface area contributed by atoms with E-state index < -0.39 is 12.2 Å². The number of carbonyl (C=O) groups is 1. The van der Waals surface area contributed by atoms with Gasteiger partial charge in [0.25, 0.3) is 0 Å². The van der Waals surface area contributed by atoms with Crippen LogP contribution in [0, 0.1) is 13.8 Å². The molecule has 0 bridgehead atoms. The third-order valence-corrected chi connectivity index (χ3v) is 7.11. The van der Waals surface area contributed by atoms with Crippen LogP contribution in [-0.4, -0.2) is 52.5 Å². The lowest BCUT2D eigenvalue weighted by atomic mass is 10.1. The fraction of sp³-hybridized carbons (Fsp3) is 0.222. The van der Waals surface area contributed by atoms with E-state index in [-0.39, 0.29) is 13.2 Å². The topological polar surface area (TPSA) is 118 Å². The summed E-state index contributed by atoms with van der Waals surface area (Å²) in [5, 5.41) is 3.47. The second-order valence-electron chi connectivity index (χ2n) is 8.82. The molecule has 3 aromatic heterocycles. The highest BCUT2D eigenvalue weighted by atomic mass is 32.1. The Morgan fingerprint density at radius 1 is 1.16 bits per heavy atom. The van der Waals surface area contributed by atoms with Crippen LogP contribution < -0.4 is 19.5 Å². The van der Waals surface area contributed by atoms with Crippen molar-refractivity contribution in [1.82, 2.24) is 19.9 Å². The summed E-state index contributed by atoms with van der Waals surface area (Å²) in [6, 6.07) is 9.30. The Hall–Kier alpha value is -4.51. The van der Waals surface area contributed by atoms with Crippen LogP contribution in [-0.2, 0) is 4.74 Å². The van der Waals surface area contributed by atoms with E-state index in [2.05, 4.69) is 26.3 Å². The van der Waals surface area contributed by atoms with Crippen LogP contribution >= 0.6 is 11.3 Å². The van der Waals surface area contributed by atoms with Gasteiger partial charge in [-0.25, -0.2) is 19.7 Å². The van der Waals surface area contributed by atoms with E-state index in [1.165, 1.54) is 11.3 Å². The molecule has 0 unspecified atom stereocenters. The molecule has 2 aromatic carbocycles. The lowest BCUT2D eigenvalue weighted by Gasteiger charge is -2.26. The molecule has 0 saturated heterocycles. The number of benzene rings is 2. The van der Waals surface area contributed by atoms with E-state index in [0.29, 0.717) is 23.1 Å². The first-order valence-electron chi connectivity index (χ1n) is 11.9. The van der Waals surface area contributed by atoms with Crippen molar-refractivity contribution >= 4 is 44.4 Å². The van der Waals surface area contributed by atoms with Crippen LogP contribution in [0.25, 0.3) is 31.8 Å². The zero-order valence-electron chi connectivity index (χ0n) is 20.8. The summed E-state index contributed by atoms with van der Waals surface area (Å²) < 4.78 is 23.8. The van der Waals surface area contributed by atoms with Crippen molar-refractivity contribution in [2.75, 3.05) is 25.6 Å². The van der Waals surface area contributed by atoms with Crippen LogP contribution in [0.4, 0.5) is 10.5 Å². The van der Waals surface area contributed by atoms with E-state index in [0.717, 1.165) is 42.9 Å². The summed E-state index contributed by atoms with van der Waals surface area (Å²) in [5.41, 5.74) is 5.83. The van der Waals surface area contributed by atoms with Crippen molar-refractivity contribution in [3.63, 3.8) is 0 Å². The van der Waals surface area contributed by atoms with E-state index in [1.54, 1.807) is 37.8 Å². The number of carbonyl (C=O) groups excluding carboxylic acids is 1. The first kappa shape index (κ1) is 23.9. The Bertz CT molecular complexity index is 1670. The smallest absolute Gasteiger partial charge is 0.411 e. The Morgan fingerprint density at radius 2 is 2.00 bits per heavy atom. The maximum atomic E-state index is 12.1. The summed E-state index contributed by atoms with van der Waals surface area (Å²) in [6.45, 7) is 4.27. The molecule has 0 fully saturated rings. The maximum Gasteiger partial charge on any atom is 0.411 e. The number of methoxy groups -OCH3 is 1. The minimum absolute atomic E-state index is 0.0405. The SMILES string of the molecule is COc1cnc2c(-c3nc4c(C)cc5c(c4s3)OC[C@H](COC(=O)Nc3ccncc3)O5)cc(C)cc2n1. The van der Waals surface area contributed by atoms with Crippen LogP contribution in [0.2, 0.25) is 0 Å². The number of rotatable bonds is 5. The standard InChI is InChI=1S/C27H23N5O5S/c1-14-8-18(23-19(9-14)31-21(34-3)11-29-23)26-32-22-15(2)10-20-24(25(22)38-26)35-12-17(37-20)13-36-27(33)30-16-4-6-28-7-5-16/h4-11,17H,12-13H2,1-3H3,(H,28,30,33)/t17-/m1/s1. The van der Waals surface area contributed by atoms with E-state index in [9.17, 15) is 4.79 Å². The molecule has 11 heteroatoms. The van der Waals surface area contributed by atoms with Crippen molar-refractivity contribution in [2.45, 2.75) is 20.0 Å². The second kappa shape index (κ2) is 9.75. The van der Waals surface area contributed by atoms with Crippen LogP contribution in [0.5, 0.6) is 17.4 Å². The fourth-order valence-corrected chi connectivity index (χ4v) is 5.41. The predicted molar refractivity (Wildman–Crippen MR) is 143 cm³/mol. The lowest BCUT2D eigenvalue weighted by Crippen LogP contribution is -2.35. The van der Waals surface area contributed by atoms with Crippen molar-refractivity contribution in [3.8, 4) is 28.0 Å². The van der Waals surface area contributed by atoms with Gasteiger partial charge >= 0.3 is 6.09 Å². The quantitative estimate of drug-likeness (QED) is 0.323. The molecular formula is C27H23N5O5S. The first-order chi connectivity index (χ1) is 18.5. The van der Waals surface area contributed by atoms with Gasteiger partial charge in [-0.2, -0.15) is 0 Å². The average Bonchev–Trinajstić information content (AvgIpc) is 3.38. The zero-order valence-corrected chi connectivity index (χ0v) is 21.7. The molecule has 0 spiro atoms. The molecule has 1 amide bonds. The molecule has 4 heterocycles. The van der Waals surface area contributed by atoms with Gasteiger partial charge in [0, 0.05) is 23.6 Å². The van der Waals surface area contributed by atoms with Gasteiger partial charge in [0.2, 0.25) is 5.88 Å². The lowest BCUT2D eigenvalue weighted by molar-refractivity contribution is 0.0383.